The fourth-order valence-electron chi connectivity index (χ4n) is 7.56. The molecular weight excluding hydrogens is 761 g/mol. The zero-order valence-electron chi connectivity index (χ0n) is 32.3. The van der Waals surface area contributed by atoms with Gasteiger partial charge < -0.3 is 19.3 Å². The highest BCUT2D eigenvalue weighted by atomic mass is 16.6. The van der Waals surface area contributed by atoms with Crippen LogP contribution in [-0.2, 0) is 38.9 Å². The monoisotopic (exact) mass is 798 g/mol. The largest absolute Gasteiger partial charge is 0.507 e. The minimum Gasteiger partial charge on any atom is -0.507 e. The smallest absolute Gasteiger partial charge is 0.343 e. The fourth-order valence-corrected chi connectivity index (χ4v) is 7.56. The van der Waals surface area contributed by atoms with E-state index in [9.17, 15) is 30.1 Å². The van der Waals surface area contributed by atoms with Gasteiger partial charge in [-0.25, -0.2) is 4.79 Å². The molecular formula is C49H38N2O9. The molecule has 0 heterocycles. The van der Waals surface area contributed by atoms with Crippen LogP contribution >= 0.6 is 0 Å². The van der Waals surface area contributed by atoms with Crippen LogP contribution in [0.4, 0.5) is 11.4 Å². The number of para-hydroxylation sites is 2. The van der Waals surface area contributed by atoms with Crippen molar-refractivity contribution >= 4 is 17.3 Å². The molecule has 8 bridgehead atoms. The number of nitro groups is 2. The topological polar surface area (TPSA) is 151 Å². The maximum atomic E-state index is 13.9. The number of hydrogen-bond donors (Lipinski definition) is 1. The van der Waals surface area contributed by atoms with Crippen molar-refractivity contribution in [3.8, 4) is 23.0 Å². The zero-order valence-corrected chi connectivity index (χ0v) is 32.3. The minimum absolute atomic E-state index is 0.0353. The van der Waals surface area contributed by atoms with E-state index in [1.165, 1.54) is 24.3 Å². The van der Waals surface area contributed by atoms with E-state index in [1.807, 2.05) is 84.9 Å². The third-order valence-electron chi connectivity index (χ3n) is 10.4. The summed E-state index contributed by atoms with van der Waals surface area (Å²) in [7, 11) is 0. The van der Waals surface area contributed by atoms with Crippen molar-refractivity contribution in [2.75, 3.05) is 0 Å². The van der Waals surface area contributed by atoms with E-state index in [0.29, 0.717) is 61.6 Å². The number of esters is 1. The van der Waals surface area contributed by atoms with Crippen LogP contribution in [0, 0.1) is 20.2 Å². The van der Waals surface area contributed by atoms with Crippen molar-refractivity contribution in [2.45, 2.75) is 38.9 Å². The number of ether oxygens (including phenoxy) is 3. The molecule has 0 unspecified atom stereocenters. The summed E-state index contributed by atoms with van der Waals surface area (Å²) in [4.78, 5) is 37.9. The molecule has 0 saturated carbocycles. The normalized spacial score (nSPS) is 11.9. The Morgan fingerprint density at radius 3 is 1.25 bits per heavy atom. The van der Waals surface area contributed by atoms with E-state index in [0.717, 1.165) is 11.1 Å². The van der Waals surface area contributed by atoms with Gasteiger partial charge in [-0.15, -0.1) is 0 Å². The molecule has 1 aliphatic carbocycles. The number of non-ortho nitro benzene ring substituents is 2. The number of nitrogens with zero attached hydrogens (tertiary/aromatic N) is 2. The Hall–Kier alpha value is -7.79. The molecule has 60 heavy (non-hydrogen) atoms. The molecule has 8 rings (SSSR count). The van der Waals surface area contributed by atoms with Gasteiger partial charge in [-0.1, -0.05) is 115 Å². The van der Waals surface area contributed by atoms with Crippen LogP contribution in [0.3, 0.4) is 0 Å². The number of phenols is 1. The summed E-state index contributed by atoms with van der Waals surface area (Å²) >= 11 is 0. The number of aromatic hydroxyl groups is 1. The summed E-state index contributed by atoms with van der Waals surface area (Å²) in [6.45, 7) is 0.320. The van der Waals surface area contributed by atoms with Crippen molar-refractivity contribution in [3.63, 3.8) is 0 Å². The van der Waals surface area contributed by atoms with Crippen LogP contribution in [0.25, 0.3) is 0 Å². The Kier molecular flexibility index (Phi) is 11.3. The number of carbonyl (C=O) groups excluding carboxylic acids is 1. The highest BCUT2D eigenvalue weighted by molar-refractivity contribution is 5.91. The zero-order chi connectivity index (χ0) is 41.6. The van der Waals surface area contributed by atoms with Gasteiger partial charge in [0.05, 0.1) is 15.4 Å². The lowest BCUT2D eigenvalue weighted by Gasteiger charge is -2.21. The lowest BCUT2D eigenvalue weighted by molar-refractivity contribution is -0.385. The average molecular weight is 799 g/mol. The van der Waals surface area contributed by atoms with E-state index in [4.69, 9.17) is 14.2 Å². The molecule has 11 heteroatoms. The second-order valence-corrected chi connectivity index (χ2v) is 14.5. The first kappa shape index (κ1) is 39.1. The summed E-state index contributed by atoms with van der Waals surface area (Å²) < 4.78 is 19.4. The maximum Gasteiger partial charge on any atom is 0.343 e. The molecule has 0 radical (unpaired) electrons. The summed E-state index contributed by atoms with van der Waals surface area (Å²) in [5.41, 5.74) is 5.46. The quantitative estimate of drug-likeness (QED) is 0.0617. The van der Waals surface area contributed by atoms with Crippen molar-refractivity contribution in [1.29, 1.82) is 0 Å². The van der Waals surface area contributed by atoms with Crippen molar-refractivity contribution in [3.05, 3.63) is 233 Å². The lowest BCUT2D eigenvalue weighted by Crippen LogP contribution is -2.13. The Balaban J connectivity index is 1.36. The number of rotatable bonds is 10. The molecule has 0 fully saturated rings. The van der Waals surface area contributed by atoms with E-state index < -0.39 is 15.8 Å². The molecule has 0 amide bonds. The van der Waals surface area contributed by atoms with Crippen molar-refractivity contribution in [1.82, 2.24) is 0 Å². The third-order valence-corrected chi connectivity index (χ3v) is 10.4. The van der Waals surface area contributed by atoms with E-state index in [2.05, 4.69) is 0 Å². The number of hydrogen-bond acceptors (Lipinski definition) is 9. The van der Waals surface area contributed by atoms with Gasteiger partial charge >= 0.3 is 5.97 Å². The Morgan fingerprint density at radius 2 is 0.850 bits per heavy atom. The molecule has 1 aliphatic rings. The molecule has 298 valence electrons. The molecule has 7 aromatic carbocycles. The number of phenolic OH excluding ortho intramolecular Hbond substituents is 1. The van der Waals surface area contributed by atoms with Crippen LogP contribution in [0.2, 0.25) is 0 Å². The molecule has 11 nitrogen and oxygen atoms in total. The highest BCUT2D eigenvalue weighted by Gasteiger charge is 2.26. The lowest BCUT2D eigenvalue weighted by atomic mass is 9.90. The summed E-state index contributed by atoms with van der Waals surface area (Å²) in [5.74, 6) is 0.286. The first-order valence-electron chi connectivity index (χ1n) is 19.3. The molecule has 7 aromatic rings. The van der Waals surface area contributed by atoms with Crippen LogP contribution in [-0.4, -0.2) is 20.9 Å². The van der Waals surface area contributed by atoms with Gasteiger partial charge in [0.1, 0.15) is 36.2 Å². The SMILES string of the molecule is O=C(Oc1c2cc([N+](=O)[O-])cc1Cc1cccc(c1OCc1ccccc1)Cc1cc([N+](=O)[O-])cc(c1O)Cc1cccc(c1OCc1ccccc1)C2)c1ccccc1. The molecule has 0 saturated heterocycles. The number of benzene rings is 7. The van der Waals surface area contributed by atoms with Crippen LogP contribution in [0.5, 0.6) is 23.0 Å². The van der Waals surface area contributed by atoms with E-state index >= 15 is 0 Å². The van der Waals surface area contributed by atoms with E-state index in [-0.39, 0.29) is 61.8 Å². The Bertz CT molecular complexity index is 2580. The maximum absolute atomic E-state index is 13.9. The van der Waals surface area contributed by atoms with Gasteiger partial charge in [0.2, 0.25) is 0 Å². The first-order valence-corrected chi connectivity index (χ1v) is 19.3. The predicted molar refractivity (Wildman–Crippen MR) is 225 cm³/mol. The second-order valence-electron chi connectivity index (χ2n) is 14.5. The summed E-state index contributed by atoms with van der Waals surface area (Å²) in [6.07, 6.45) is 0.166. The number of nitro benzene ring substituents is 2. The van der Waals surface area contributed by atoms with Gasteiger partial charge in [-0.05, 0) is 45.5 Å². The summed E-state index contributed by atoms with van der Waals surface area (Å²) in [6, 6.07) is 44.0. The minimum atomic E-state index is -0.638. The first-order chi connectivity index (χ1) is 29.2. The average Bonchev–Trinajstić information content (AvgIpc) is 3.26. The highest BCUT2D eigenvalue weighted by Crippen LogP contribution is 2.41. The molecule has 0 aromatic heterocycles. The molecule has 0 atom stereocenters. The van der Waals surface area contributed by atoms with Crippen molar-refractivity contribution < 1.29 is 34.0 Å². The summed E-state index contributed by atoms with van der Waals surface area (Å²) in [5, 5.41) is 36.9. The van der Waals surface area contributed by atoms with Gasteiger partial charge in [0.25, 0.3) is 11.4 Å². The predicted octanol–water partition coefficient (Wildman–Crippen LogP) is 10.3. The van der Waals surface area contributed by atoms with Crippen LogP contribution in [0.15, 0.2) is 152 Å². The second kappa shape index (κ2) is 17.4. The molecule has 0 spiro atoms. The number of fused-ring (bicyclic) bond motifs is 8. The number of carbonyl (C=O) groups is 1. The van der Waals surface area contributed by atoms with Crippen LogP contribution in [0.1, 0.15) is 66.0 Å². The van der Waals surface area contributed by atoms with E-state index in [1.54, 1.807) is 42.5 Å². The van der Waals surface area contributed by atoms with Gasteiger partial charge in [0, 0.05) is 72.2 Å². The third kappa shape index (κ3) is 8.70. The van der Waals surface area contributed by atoms with Gasteiger partial charge in [-0.3, -0.25) is 20.2 Å². The Labute approximate surface area is 345 Å². The Morgan fingerprint density at radius 1 is 0.483 bits per heavy atom. The fraction of sp³-hybridized carbons (Fsp3) is 0.122. The standard InChI is InChI=1S/C49H38N2O9/c52-45-39-22-35-18-10-20-37(46(35)58-30-32-12-4-1-5-13-32)24-41-28-44(51(56)57)29-42(48(41)60-49(53)34-16-8-3-9-17-34)25-38-21-11-19-36(23-40(45)27-43(26-39)50(54)55)47(38)59-31-33-14-6-2-7-15-33/h1-21,26-29,52H,22-25,30-31H2. The van der Waals surface area contributed by atoms with Gasteiger partial charge in [-0.2, -0.15) is 0 Å². The van der Waals surface area contributed by atoms with Gasteiger partial charge in [0.15, 0.2) is 0 Å². The molecule has 0 aliphatic heterocycles. The van der Waals surface area contributed by atoms with Crippen molar-refractivity contribution in [2.24, 2.45) is 0 Å². The molecule has 1 N–H and O–H groups in total. The van der Waals surface area contributed by atoms with Crippen LogP contribution < -0.4 is 14.2 Å².